The van der Waals surface area contributed by atoms with Crippen molar-refractivity contribution in [2.45, 2.75) is 6.61 Å². The summed E-state index contributed by atoms with van der Waals surface area (Å²) in [6.07, 6.45) is 0. The molecular formula is C7H5IO2. The molecule has 0 spiro atoms. The summed E-state index contributed by atoms with van der Waals surface area (Å²) < 4.78 is 1.21. The molecule has 0 saturated carbocycles. The summed E-state index contributed by atoms with van der Waals surface area (Å²) in [7, 11) is 0. The van der Waals surface area contributed by atoms with E-state index in [1.807, 2.05) is 12.1 Å². The van der Waals surface area contributed by atoms with Crippen LogP contribution in [0.1, 0.15) is 5.56 Å². The molecule has 0 radical (unpaired) electrons. The summed E-state index contributed by atoms with van der Waals surface area (Å²) in [5.74, 6) is 0.848. The monoisotopic (exact) mass is 248 g/mol. The van der Waals surface area contributed by atoms with Crippen molar-refractivity contribution >= 4 is 22.6 Å². The lowest BCUT2D eigenvalue weighted by Gasteiger charge is -1.92. The quantitative estimate of drug-likeness (QED) is 0.517. The van der Waals surface area contributed by atoms with Crippen LogP contribution in [0.4, 0.5) is 0 Å². The van der Waals surface area contributed by atoms with Gasteiger partial charge in [0.2, 0.25) is 0 Å². The summed E-state index contributed by atoms with van der Waals surface area (Å²) in [5.41, 5.74) is 1.13. The lowest BCUT2D eigenvalue weighted by atomic mass is 10.2. The Morgan fingerprint density at radius 1 is 1.40 bits per heavy atom. The molecule has 0 bridgehead atoms. The molecule has 0 unspecified atom stereocenters. The van der Waals surface area contributed by atoms with Gasteiger partial charge >= 0.3 is 0 Å². The smallest absolute Gasteiger partial charge is 0.171 e. The van der Waals surface area contributed by atoms with E-state index in [-0.39, 0.29) is 0 Å². The fraction of sp³-hybridized carbons (Fsp3) is 0.143. The van der Waals surface area contributed by atoms with Crippen LogP contribution in [0.15, 0.2) is 18.2 Å². The molecule has 0 atom stereocenters. The van der Waals surface area contributed by atoms with Gasteiger partial charge < -0.3 is 4.89 Å². The highest BCUT2D eigenvalue weighted by Gasteiger charge is 2.12. The summed E-state index contributed by atoms with van der Waals surface area (Å²) in [6, 6.07) is 5.97. The zero-order valence-corrected chi connectivity index (χ0v) is 7.29. The highest BCUT2D eigenvalue weighted by molar-refractivity contribution is 14.1. The Hall–Kier alpha value is -0.290. The Bertz CT molecular complexity index is 260. The van der Waals surface area contributed by atoms with Gasteiger partial charge in [0.15, 0.2) is 5.75 Å². The van der Waals surface area contributed by atoms with Crippen LogP contribution >= 0.6 is 22.6 Å². The number of fused-ring (bicyclic) bond motifs is 1. The first kappa shape index (κ1) is 6.42. The van der Waals surface area contributed by atoms with Crippen molar-refractivity contribution in [2.75, 3.05) is 0 Å². The van der Waals surface area contributed by atoms with Crippen molar-refractivity contribution in [1.29, 1.82) is 0 Å². The Kier molecular flexibility index (Phi) is 1.54. The van der Waals surface area contributed by atoms with Crippen LogP contribution in [0, 0.1) is 3.57 Å². The number of hydrogen-bond donors (Lipinski definition) is 0. The van der Waals surface area contributed by atoms with E-state index in [4.69, 9.17) is 9.78 Å². The molecule has 1 aliphatic heterocycles. The second-order valence-corrected chi connectivity index (χ2v) is 3.34. The molecule has 1 heterocycles. The van der Waals surface area contributed by atoms with Gasteiger partial charge in [-0.25, -0.2) is 0 Å². The van der Waals surface area contributed by atoms with Crippen LogP contribution in [-0.2, 0) is 11.5 Å². The third-order valence-corrected chi connectivity index (χ3v) is 2.06. The van der Waals surface area contributed by atoms with E-state index in [9.17, 15) is 0 Å². The largest absolute Gasteiger partial charge is 0.337 e. The molecule has 1 aromatic rings. The van der Waals surface area contributed by atoms with Gasteiger partial charge in [0.05, 0.1) is 0 Å². The Morgan fingerprint density at radius 3 is 3.20 bits per heavy atom. The molecule has 0 aliphatic carbocycles. The first-order valence-electron chi connectivity index (χ1n) is 2.94. The lowest BCUT2D eigenvalue weighted by molar-refractivity contribution is -0.194. The van der Waals surface area contributed by atoms with Crippen molar-refractivity contribution in [3.05, 3.63) is 27.3 Å². The van der Waals surface area contributed by atoms with E-state index >= 15 is 0 Å². The maximum atomic E-state index is 4.85. The SMILES string of the molecule is Ic1ccc2c(c1)COO2. The Balaban J connectivity index is 2.52. The van der Waals surface area contributed by atoms with Gasteiger partial charge in [-0.3, -0.25) is 0 Å². The van der Waals surface area contributed by atoms with Gasteiger partial charge in [-0.15, -0.1) is 0 Å². The van der Waals surface area contributed by atoms with Gasteiger partial charge in [-0.2, -0.15) is 4.89 Å². The van der Waals surface area contributed by atoms with E-state index in [1.165, 1.54) is 3.57 Å². The highest BCUT2D eigenvalue weighted by Crippen LogP contribution is 2.26. The van der Waals surface area contributed by atoms with E-state index in [2.05, 4.69) is 28.7 Å². The van der Waals surface area contributed by atoms with Crippen LogP contribution in [0.5, 0.6) is 5.75 Å². The lowest BCUT2D eigenvalue weighted by Crippen LogP contribution is -1.80. The Morgan fingerprint density at radius 2 is 2.30 bits per heavy atom. The standard InChI is InChI=1S/C7H5IO2/c8-6-1-2-7-5(3-6)4-9-10-7/h1-3H,4H2. The zero-order valence-electron chi connectivity index (χ0n) is 5.13. The van der Waals surface area contributed by atoms with E-state index in [1.54, 1.807) is 0 Å². The second-order valence-electron chi connectivity index (χ2n) is 2.10. The molecule has 10 heavy (non-hydrogen) atoms. The number of rotatable bonds is 0. The predicted octanol–water partition coefficient (Wildman–Crippen LogP) is 2.12. The molecule has 52 valence electrons. The summed E-state index contributed by atoms with van der Waals surface area (Å²) >= 11 is 2.26. The summed E-state index contributed by atoms with van der Waals surface area (Å²) in [4.78, 5) is 9.62. The highest BCUT2D eigenvalue weighted by atomic mass is 127. The van der Waals surface area contributed by atoms with Crippen molar-refractivity contribution in [3.63, 3.8) is 0 Å². The molecule has 0 amide bonds. The molecule has 0 N–H and O–H groups in total. The van der Waals surface area contributed by atoms with Crippen LogP contribution in [-0.4, -0.2) is 0 Å². The normalized spacial score (nSPS) is 14.5. The zero-order chi connectivity index (χ0) is 6.97. The van der Waals surface area contributed by atoms with Gasteiger partial charge in [-0.1, -0.05) is 0 Å². The van der Waals surface area contributed by atoms with Crippen LogP contribution < -0.4 is 4.89 Å². The third kappa shape index (κ3) is 0.992. The molecule has 3 heteroatoms. The molecule has 0 aromatic heterocycles. The van der Waals surface area contributed by atoms with Gasteiger partial charge in [0.1, 0.15) is 6.61 Å². The maximum absolute atomic E-state index is 4.85. The van der Waals surface area contributed by atoms with E-state index in [0.717, 1.165) is 11.3 Å². The molecule has 1 aliphatic rings. The van der Waals surface area contributed by atoms with Crippen molar-refractivity contribution < 1.29 is 9.78 Å². The van der Waals surface area contributed by atoms with Crippen LogP contribution in [0.3, 0.4) is 0 Å². The first-order valence-corrected chi connectivity index (χ1v) is 4.02. The molecule has 0 fully saturated rings. The summed E-state index contributed by atoms with van der Waals surface area (Å²) in [6.45, 7) is 0.576. The van der Waals surface area contributed by atoms with E-state index in [0.29, 0.717) is 6.61 Å². The fourth-order valence-corrected chi connectivity index (χ4v) is 1.45. The molecule has 2 rings (SSSR count). The third-order valence-electron chi connectivity index (χ3n) is 1.39. The van der Waals surface area contributed by atoms with Crippen LogP contribution in [0.25, 0.3) is 0 Å². The van der Waals surface area contributed by atoms with E-state index < -0.39 is 0 Å². The minimum atomic E-state index is 0.576. The minimum Gasteiger partial charge on any atom is -0.337 e. The Labute approximate surface area is 72.2 Å². The average Bonchev–Trinajstić information content (AvgIpc) is 2.33. The second kappa shape index (κ2) is 2.39. The fourth-order valence-electron chi connectivity index (χ4n) is 0.899. The van der Waals surface area contributed by atoms with Crippen molar-refractivity contribution in [1.82, 2.24) is 0 Å². The van der Waals surface area contributed by atoms with Crippen molar-refractivity contribution in [3.8, 4) is 5.75 Å². The maximum Gasteiger partial charge on any atom is 0.171 e. The van der Waals surface area contributed by atoms with Gasteiger partial charge in [-0.05, 0) is 40.8 Å². The topological polar surface area (TPSA) is 18.5 Å². The molecule has 2 nitrogen and oxygen atoms in total. The van der Waals surface area contributed by atoms with Crippen molar-refractivity contribution in [2.24, 2.45) is 0 Å². The molecular weight excluding hydrogens is 243 g/mol. The predicted molar refractivity (Wildman–Crippen MR) is 44.6 cm³/mol. The number of hydrogen-bond acceptors (Lipinski definition) is 2. The molecule has 1 aromatic carbocycles. The number of halogens is 1. The van der Waals surface area contributed by atoms with Crippen LogP contribution in [0.2, 0.25) is 0 Å². The number of benzene rings is 1. The molecule has 0 saturated heterocycles. The minimum absolute atomic E-state index is 0.576. The average molecular weight is 248 g/mol. The summed E-state index contributed by atoms with van der Waals surface area (Å²) in [5, 5.41) is 0. The first-order chi connectivity index (χ1) is 4.86. The van der Waals surface area contributed by atoms with Gasteiger partial charge in [0, 0.05) is 9.13 Å². The van der Waals surface area contributed by atoms with Gasteiger partial charge in [0.25, 0.3) is 0 Å².